The molecule has 0 radical (unpaired) electrons. The van der Waals surface area contributed by atoms with Crippen molar-refractivity contribution in [1.29, 1.82) is 0 Å². The van der Waals surface area contributed by atoms with Gasteiger partial charge in [0, 0.05) is 32.0 Å². The van der Waals surface area contributed by atoms with Gasteiger partial charge >= 0.3 is 0 Å². The van der Waals surface area contributed by atoms with E-state index in [-0.39, 0.29) is 12.5 Å². The molecule has 8 heteroatoms. The van der Waals surface area contributed by atoms with E-state index in [1.165, 1.54) is 5.56 Å². The number of rotatable bonds is 9. The van der Waals surface area contributed by atoms with Gasteiger partial charge in [0.1, 0.15) is 0 Å². The van der Waals surface area contributed by atoms with Gasteiger partial charge in [0.25, 0.3) is 11.9 Å². The molecule has 8 nitrogen and oxygen atoms in total. The highest BCUT2D eigenvalue weighted by Gasteiger charge is 2.22. The summed E-state index contributed by atoms with van der Waals surface area (Å²) in [6, 6.07) is 8.39. The van der Waals surface area contributed by atoms with Gasteiger partial charge in [-0.05, 0) is 43.5 Å². The van der Waals surface area contributed by atoms with Crippen molar-refractivity contribution in [2.75, 3.05) is 33.3 Å². The predicted molar refractivity (Wildman–Crippen MR) is 127 cm³/mol. The number of nitrogens with one attached hydrogen (secondary N) is 1. The summed E-state index contributed by atoms with van der Waals surface area (Å²) in [7, 11) is 1.60. The molecule has 2 aromatic heterocycles. The molecular weight excluding hydrogens is 416 g/mol. The third-order valence-corrected chi connectivity index (χ3v) is 6.21. The number of hydrogen-bond donors (Lipinski definition) is 1. The quantitative estimate of drug-likeness (QED) is 0.542. The molecule has 0 bridgehead atoms. The van der Waals surface area contributed by atoms with E-state index in [0.29, 0.717) is 23.8 Å². The smallest absolute Gasteiger partial charge is 0.254 e. The van der Waals surface area contributed by atoms with Crippen molar-refractivity contribution >= 4 is 5.91 Å². The second-order valence-electron chi connectivity index (χ2n) is 8.19. The Morgan fingerprint density at radius 3 is 2.73 bits per heavy atom. The van der Waals surface area contributed by atoms with E-state index >= 15 is 0 Å². The molecule has 0 saturated heterocycles. The molecule has 0 unspecified atom stereocenters. The van der Waals surface area contributed by atoms with Gasteiger partial charge in [0.2, 0.25) is 0 Å². The van der Waals surface area contributed by atoms with Crippen LogP contribution in [0.3, 0.4) is 0 Å². The Morgan fingerprint density at radius 2 is 1.94 bits per heavy atom. The highest BCUT2D eigenvalue weighted by Crippen LogP contribution is 2.31. The van der Waals surface area contributed by atoms with Gasteiger partial charge in [-0.3, -0.25) is 4.79 Å². The number of aromatic nitrogens is 4. The van der Waals surface area contributed by atoms with Crippen molar-refractivity contribution < 1.29 is 9.53 Å². The third kappa shape index (κ3) is 4.96. The van der Waals surface area contributed by atoms with E-state index in [1.54, 1.807) is 18.0 Å². The Balaban J connectivity index is 1.64. The van der Waals surface area contributed by atoms with E-state index in [1.807, 2.05) is 12.3 Å². The molecule has 1 N–H and O–H groups in total. The van der Waals surface area contributed by atoms with Gasteiger partial charge in [0.05, 0.1) is 29.8 Å². The SMILES string of the molecule is CCN(CC)CCNC(=O)c1cnn(-c2ncc3c(n2)-c2ccccc2CCC3)c1COC. The van der Waals surface area contributed by atoms with E-state index in [9.17, 15) is 4.79 Å². The van der Waals surface area contributed by atoms with Crippen LogP contribution in [0.4, 0.5) is 0 Å². The fraction of sp³-hybridized carbons (Fsp3) is 0.440. The van der Waals surface area contributed by atoms with Crippen molar-refractivity contribution in [1.82, 2.24) is 30.0 Å². The number of benzene rings is 1. The molecule has 1 amide bonds. The normalized spacial score (nSPS) is 12.8. The van der Waals surface area contributed by atoms with Crippen LogP contribution in [0, 0.1) is 0 Å². The van der Waals surface area contributed by atoms with Crippen molar-refractivity contribution in [3.63, 3.8) is 0 Å². The van der Waals surface area contributed by atoms with Crippen molar-refractivity contribution in [3.05, 3.63) is 59.0 Å². The topological polar surface area (TPSA) is 85.2 Å². The number of carbonyl (C=O) groups is 1. The lowest BCUT2D eigenvalue weighted by atomic mass is 10.0. The zero-order chi connectivity index (χ0) is 23.2. The zero-order valence-corrected chi connectivity index (χ0v) is 19.7. The molecule has 1 aliphatic carbocycles. The summed E-state index contributed by atoms with van der Waals surface area (Å²) in [6.45, 7) is 7.76. The number of amides is 1. The van der Waals surface area contributed by atoms with Crippen LogP contribution in [0.2, 0.25) is 0 Å². The van der Waals surface area contributed by atoms with E-state index in [2.05, 4.69) is 52.3 Å². The van der Waals surface area contributed by atoms with Gasteiger partial charge in [-0.2, -0.15) is 9.78 Å². The first-order valence-corrected chi connectivity index (χ1v) is 11.7. The maximum absolute atomic E-state index is 12.9. The molecule has 0 saturated carbocycles. The van der Waals surface area contributed by atoms with Crippen LogP contribution >= 0.6 is 0 Å². The number of nitrogens with zero attached hydrogens (tertiary/aromatic N) is 5. The number of fused-ring (bicyclic) bond motifs is 3. The van der Waals surface area contributed by atoms with Crippen LogP contribution in [0.25, 0.3) is 17.2 Å². The maximum Gasteiger partial charge on any atom is 0.254 e. The van der Waals surface area contributed by atoms with E-state index in [0.717, 1.165) is 55.7 Å². The summed E-state index contributed by atoms with van der Waals surface area (Å²) in [5.74, 6) is 0.278. The molecule has 2 heterocycles. The molecule has 0 aliphatic heterocycles. The van der Waals surface area contributed by atoms with Crippen molar-refractivity contribution in [3.8, 4) is 17.2 Å². The summed E-state index contributed by atoms with van der Waals surface area (Å²) in [5.41, 5.74) is 5.64. The zero-order valence-electron chi connectivity index (χ0n) is 19.7. The predicted octanol–water partition coefficient (Wildman–Crippen LogP) is 3.04. The molecular formula is C25H32N6O2. The highest BCUT2D eigenvalue weighted by atomic mass is 16.5. The van der Waals surface area contributed by atoms with E-state index in [4.69, 9.17) is 9.72 Å². The minimum atomic E-state index is -0.166. The molecule has 4 rings (SSSR count). The lowest BCUT2D eigenvalue weighted by molar-refractivity contribution is 0.0943. The Morgan fingerprint density at radius 1 is 1.15 bits per heavy atom. The van der Waals surface area contributed by atoms with Crippen LogP contribution < -0.4 is 5.32 Å². The first-order chi connectivity index (χ1) is 16.2. The third-order valence-electron chi connectivity index (χ3n) is 6.21. The number of aryl methyl sites for hydroxylation is 2. The number of ether oxygens (including phenoxy) is 1. The number of hydrogen-bond acceptors (Lipinski definition) is 6. The van der Waals surface area contributed by atoms with Crippen LogP contribution in [0.5, 0.6) is 0 Å². The van der Waals surface area contributed by atoms with Crippen molar-refractivity contribution in [2.24, 2.45) is 0 Å². The monoisotopic (exact) mass is 448 g/mol. The summed E-state index contributed by atoms with van der Waals surface area (Å²) in [5, 5.41) is 7.47. The largest absolute Gasteiger partial charge is 0.378 e. The first-order valence-electron chi connectivity index (χ1n) is 11.7. The van der Waals surface area contributed by atoms with E-state index < -0.39 is 0 Å². The van der Waals surface area contributed by atoms with Gasteiger partial charge in [-0.25, -0.2) is 9.97 Å². The summed E-state index contributed by atoms with van der Waals surface area (Å²) in [6.07, 6.45) is 6.50. The fourth-order valence-electron chi connectivity index (χ4n) is 4.33. The molecule has 33 heavy (non-hydrogen) atoms. The fourth-order valence-corrected chi connectivity index (χ4v) is 4.33. The van der Waals surface area contributed by atoms with Crippen LogP contribution in [-0.2, 0) is 24.2 Å². The summed E-state index contributed by atoms with van der Waals surface area (Å²) >= 11 is 0. The van der Waals surface area contributed by atoms with Crippen LogP contribution in [0.15, 0.2) is 36.7 Å². The lowest BCUT2D eigenvalue weighted by Gasteiger charge is -2.18. The minimum absolute atomic E-state index is 0.166. The number of methoxy groups -OCH3 is 1. The summed E-state index contributed by atoms with van der Waals surface area (Å²) in [4.78, 5) is 24.7. The van der Waals surface area contributed by atoms with Crippen molar-refractivity contribution in [2.45, 2.75) is 39.7 Å². The molecule has 0 atom stereocenters. The second-order valence-corrected chi connectivity index (χ2v) is 8.19. The lowest BCUT2D eigenvalue weighted by Crippen LogP contribution is -2.35. The standard InChI is InChI=1S/C25H32N6O2/c1-4-30(5-2)14-13-26-24(32)21-16-28-31(22(21)17-33-3)25-27-15-19-11-8-10-18-9-6-7-12-20(18)23(19)29-25/h6-7,9,12,15-16H,4-5,8,10-11,13-14,17H2,1-3H3,(H,26,32). The Hall–Kier alpha value is -3.10. The van der Waals surface area contributed by atoms with Gasteiger partial charge in [0.15, 0.2) is 0 Å². The van der Waals surface area contributed by atoms with Gasteiger partial charge < -0.3 is 15.0 Å². The second kappa shape index (κ2) is 10.7. The molecule has 3 aromatic rings. The molecule has 1 aromatic carbocycles. The maximum atomic E-state index is 12.9. The van der Waals surface area contributed by atoms with Gasteiger partial charge in [-0.15, -0.1) is 0 Å². The highest BCUT2D eigenvalue weighted by molar-refractivity contribution is 5.95. The minimum Gasteiger partial charge on any atom is -0.378 e. The number of carbonyl (C=O) groups excluding carboxylic acids is 1. The molecule has 0 spiro atoms. The molecule has 174 valence electrons. The molecule has 0 fully saturated rings. The van der Waals surface area contributed by atoms with Gasteiger partial charge in [-0.1, -0.05) is 38.1 Å². The molecule has 1 aliphatic rings. The first kappa shape index (κ1) is 23.1. The van der Waals surface area contributed by atoms with Crippen LogP contribution in [0.1, 0.15) is 47.4 Å². The number of likely N-dealkylation sites (N-methyl/N-ethyl adjacent to an activating group) is 1. The Bertz CT molecular complexity index is 1110. The summed E-state index contributed by atoms with van der Waals surface area (Å²) < 4.78 is 7.02. The average molecular weight is 449 g/mol. The average Bonchev–Trinajstić information content (AvgIpc) is 3.17. The van der Waals surface area contributed by atoms with Crippen LogP contribution in [-0.4, -0.2) is 63.8 Å². The Kier molecular flexibility index (Phi) is 7.47. The Labute approximate surface area is 195 Å².